The molecular weight excluding hydrogens is 444 g/mol. The molecule has 0 amide bonds. The Hall–Kier alpha value is -3.02. The molecule has 0 bridgehead atoms. The minimum absolute atomic E-state index is 0.0246. The smallest absolute Gasteiger partial charge is 0.263 e. The zero-order valence-corrected chi connectivity index (χ0v) is 18.1. The number of rotatable bonds is 6. The van der Waals surface area contributed by atoms with Crippen LogP contribution in [0.25, 0.3) is 10.8 Å². The number of sulfonamides is 2. The Morgan fingerprint density at radius 1 is 0.767 bits per heavy atom. The van der Waals surface area contributed by atoms with E-state index >= 15 is 0 Å². The van der Waals surface area contributed by atoms with Gasteiger partial charge in [0.2, 0.25) is 5.13 Å². The van der Waals surface area contributed by atoms with Crippen LogP contribution in [-0.4, -0.2) is 27.0 Å². The summed E-state index contributed by atoms with van der Waals surface area (Å²) >= 11 is 1.11. The predicted octanol–water partition coefficient (Wildman–Crippen LogP) is 3.60. The molecule has 0 spiro atoms. The number of nitrogens with zero attached hydrogens (tertiary/aromatic N) is 2. The third-order valence-electron chi connectivity index (χ3n) is 4.20. The van der Waals surface area contributed by atoms with Crippen molar-refractivity contribution in [2.75, 3.05) is 9.44 Å². The topological polar surface area (TPSA) is 118 Å². The Morgan fingerprint density at radius 2 is 1.47 bits per heavy atom. The van der Waals surface area contributed by atoms with Crippen molar-refractivity contribution in [3.05, 3.63) is 71.7 Å². The van der Waals surface area contributed by atoms with E-state index in [2.05, 4.69) is 19.6 Å². The van der Waals surface area contributed by atoms with Gasteiger partial charge in [-0.05, 0) is 42.6 Å². The molecule has 0 aliphatic carbocycles. The zero-order valence-electron chi connectivity index (χ0n) is 15.6. The van der Waals surface area contributed by atoms with Crippen LogP contribution in [0.5, 0.6) is 0 Å². The van der Waals surface area contributed by atoms with Gasteiger partial charge in [0.15, 0.2) is 0 Å². The molecule has 11 heteroatoms. The van der Waals surface area contributed by atoms with Crippen LogP contribution in [-0.2, 0) is 20.0 Å². The van der Waals surface area contributed by atoms with Crippen molar-refractivity contribution in [3.63, 3.8) is 0 Å². The second-order valence-electron chi connectivity index (χ2n) is 6.34. The molecule has 0 fully saturated rings. The van der Waals surface area contributed by atoms with Crippen molar-refractivity contribution in [1.29, 1.82) is 0 Å². The summed E-state index contributed by atoms with van der Waals surface area (Å²) in [6.07, 6.45) is 0. The first-order valence-electron chi connectivity index (χ1n) is 8.68. The van der Waals surface area contributed by atoms with Gasteiger partial charge in [-0.2, -0.15) is 0 Å². The summed E-state index contributed by atoms with van der Waals surface area (Å²) in [6, 6.07) is 17.6. The maximum Gasteiger partial charge on any atom is 0.263 e. The predicted molar refractivity (Wildman–Crippen MR) is 117 cm³/mol. The molecule has 0 radical (unpaired) electrons. The summed E-state index contributed by atoms with van der Waals surface area (Å²) in [4.78, 5) is 0.120. The number of aromatic nitrogens is 2. The molecule has 4 aromatic rings. The maximum atomic E-state index is 12.9. The molecule has 30 heavy (non-hydrogen) atoms. The first kappa shape index (κ1) is 20.3. The Kier molecular flexibility index (Phi) is 5.18. The molecule has 154 valence electrons. The van der Waals surface area contributed by atoms with Gasteiger partial charge in [-0.3, -0.25) is 9.44 Å². The zero-order chi connectivity index (χ0) is 21.4. The fourth-order valence-electron chi connectivity index (χ4n) is 2.85. The fraction of sp³-hybridized carbons (Fsp3) is 0.0526. The van der Waals surface area contributed by atoms with Gasteiger partial charge in [0, 0.05) is 11.1 Å². The molecule has 0 saturated heterocycles. The van der Waals surface area contributed by atoms with E-state index in [1.54, 1.807) is 25.1 Å². The van der Waals surface area contributed by atoms with Crippen LogP contribution < -0.4 is 9.44 Å². The highest BCUT2D eigenvalue weighted by Crippen LogP contribution is 2.26. The van der Waals surface area contributed by atoms with E-state index < -0.39 is 20.0 Å². The van der Waals surface area contributed by atoms with E-state index in [1.807, 2.05) is 18.2 Å². The molecule has 0 aliphatic rings. The van der Waals surface area contributed by atoms with E-state index in [0.29, 0.717) is 10.4 Å². The standard InChI is InChI=1S/C19H16N4O4S3/c1-13-20-21-19(28-13)23-29(24,25)16-11-9-15(10-12-16)22-30(26,27)18-8-4-6-14-5-2-3-7-17(14)18/h2-12,22H,1H3,(H,21,23). The van der Waals surface area contributed by atoms with E-state index in [1.165, 1.54) is 30.3 Å². The van der Waals surface area contributed by atoms with Crippen molar-refractivity contribution in [2.24, 2.45) is 0 Å². The number of hydrogen-bond donors (Lipinski definition) is 2. The van der Waals surface area contributed by atoms with Crippen molar-refractivity contribution >= 4 is 53.0 Å². The normalized spacial score (nSPS) is 12.0. The largest absolute Gasteiger partial charge is 0.280 e. The Labute approximate surface area is 177 Å². The van der Waals surface area contributed by atoms with Gasteiger partial charge in [0.25, 0.3) is 20.0 Å². The van der Waals surface area contributed by atoms with Crippen LogP contribution in [0.1, 0.15) is 5.01 Å². The van der Waals surface area contributed by atoms with Gasteiger partial charge in [0.1, 0.15) is 5.01 Å². The lowest BCUT2D eigenvalue weighted by Crippen LogP contribution is -2.15. The molecule has 0 saturated carbocycles. The second kappa shape index (κ2) is 7.67. The lowest BCUT2D eigenvalue weighted by atomic mass is 10.1. The molecule has 0 aliphatic heterocycles. The quantitative estimate of drug-likeness (QED) is 0.454. The van der Waals surface area contributed by atoms with E-state index in [0.717, 1.165) is 16.7 Å². The molecule has 2 N–H and O–H groups in total. The number of nitrogens with one attached hydrogen (secondary N) is 2. The first-order valence-corrected chi connectivity index (χ1v) is 12.5. The van der Waals surface area contributed by atoms with Crippen LogP contribution in [0.2, 0.25) is 0 Å². The van der Waals surface area contributed by atoms with Gasteiger partial charge in [-0.1, -0.05) is 47.7 Å². The third-order valence-corrected chi connectivity index (χ3v) is 7.88. The maximum absolute atomic E-state index is 12.9. The van der Waals surface area contributed by atoms with Crippen molar-refractivity contribution in [1.82, 2.24) is 10.2 Å². The Morgan fingerprint density at radius 3 is 2.17 bits per heavy atom. The third kappa shape index (κ3) is 4.13. The first-order chi connectivity index (χ1) is 14.2. The summed E-state index contributed by atoms with van der Waals surface area (Å²) in [6.45, 7) is 1.71. The van der Waals surface area contributed by atoms with Gasteiger partial charge in [-0.15, -0.1) is 10.2 Å². The summed E-state index contributed by atoms with van der Waals surface area (Å²) < 4.78 is 55.5. The van der Waals surface area contributed by atoms with E-state index in [4.69, 9.17) is 0 Å². The number of hydrogen-bond acceptors (Lipinski definition) is 7. The molecule has 8 nitrogen and oxygen atoms in total. The van der Waals surface area contributed by atoms with Gasteiger partial charge >= 0.3 is 0 Å². The number of aryl methyl sites for hydroxylation is 1. The van der Waals surface area contributed by atoms with Crippen LogP contribution in [0.15, 0.2) is 76.5 Å². The molecule has 4 rings (SSSR count). The average molecular weight is 461 g/mol. The summed E-state index contributed by atoms with van der Waals surface area (Å²) in [5, 5.41) is 9.70. The highest BCUT2D eigenvalue weighted by molar-refractivity contribution is 7.93. The minimum atomic E-state index is -3.87. The highest BCUT2D eigenvalue weighted by Gasteiger charge is 2.19. The van der Waals surface area contributed by atoms with Crippen molar-refractivity contribution in [2.45, 2.75) is 16.7 Å². The van der Waals surface area contributed by atoms with Crippen LogP contribution in [0.3, 0.4) is 0 Å². The van der Waals surface area contributed by atoms with Crippen molar-refractivity contribution in [3.8, 4) is 0 Å². The number of anilines is 2. The molecule has 0 unspecified atom stereocenters. The molecule has 1 aromatic heterocycles. The molecule has 3 aromatic carbocycles. The lowest BCUT2D eigenvalue weighted by molar-refractivity contribution is 0.600. The summed E-state index contributed by atoms with van der Waals surface area (Å²) in [7, 11) is -7.73. The minimum Gasteiger partial charge on any atom is -0.280 e. The number of benzene rings is 3. The summed E-state index contributed by atoms with van der Waals surface area (Å²) in [5.41, 5.74) is 0.244. The SMILES string of the molecule is Cc1nnc(NS(=O)(=O)c2ccc(NS(=O)(=O)c3cccc4ccccc34)cc2)s1. The van der Waals surface area contributed by atoms with Crippen LogP contribution >= 0.6 is 11.3 Å². The van der Waals surface area contributed by atoms with Crippen LogP contribution in [0, 0.1) is 6.92 Å². The monoisotopic (exact) mass is 460 g/mol. The number of fused-ring (bicyclic) bond motifs is 1. The highest BCUT2D eigenvalue weighted by atomic mass is 32.2. The molecular formula is C19H16N4O4S3. The van der Waals surface area contributed by atoms with Gasteiger partial charge in [0.05, 0.1) is 9.79 Å². The molecule has 0 atom stereocenters. The van der Waals surface area contributed by atoms with Crippen LogP contribution in [0.4, 0.5) is 10.8 Å². The van der Waals surface area contributed by atoms with Gasteiger partial charge < -0.3 is 0 Å². The summed E-state index contributed by atoms with van der Waals surface area (Å²) in [5.74, 6) is 0. The lowest BCUT2D eigenvalue weighted by Gasteiger charge is -2.11. The Balaban J connectivity index is 1.58. The average Bonchev–Trinajstić information content (AvgIpc) is 3.11. The van der Waals surface area contributed by atoms with Crippen molar-refractivity contribution < 1.29 is 16.8 Å². The fourth-order valence-corrected chi connectivity index (χ4v) is 5.97. The van der Waals surface area contributed by atoms with E-state index in [-0.39, 0.29) is 20.6 Å². The van der Waals surface area contributed by atoms with E-state index in [9.17, 15) is 16.8 Å². The molecule has 1 heterocycles. The Bertz CT molecular complexity index is 1420. The van der Waals surface area contributed by atoms with Gasteiger partial charge in [-0.25, -0.2) is 16.8 Å². The second-order valence-corrected chi connectivity index (χ2v) is 10.9.